The molecule has 0 radical (unpaired) electrons. The van der Waals surface area contributed by atoms with Gasteiger partial charge in [0.15, 0.2) is 0 Å². The molecule has 0 spiro atoms. The quantitative estimate of drug-likeness (QED) is 0.812. The fourth-order valence-electron chi connectivity index (χ4n) is 2.91. The average molecular weight is 319 g/mol. The Morgan fingerprint density at radius 3 is 2.19 bits per heavy atom. The number of likely N-dealkylation sites (tertiary alicyclic amines) is 1. The van der Waals surface area contributed by atoms with E-state index in [9.17, 15) is 0 Å². The molecule has 0 saturated carbocycles. The van der Waals surface area contributed by atoms with Gasteiger partial charge in [0.25, 0.3) is 0 Å². The number of ether oxygens (including phenoxy) is 1. The fourth-order valence-corrected chi connectivity index (χ4v) is 4.20. The number of thiophene rings is 2. The van der Waals surface area contributed by atoms with Gasteiger partial charge < -0.3 is 9.64 Å². The van der Waals surface area contributed by atoms with Gasteiger partial charge in [-0.15, -0.1) is 0 Å². The van der Waals surface area contributed by atoms with Gasteiger partial charge in [0.2, 0.25) is 0 Å². The first-order valence-electron chi connectivity index (χ1n) is 7.37. The van der Waals surface area contributed by atoms with Crippen LogP contribution in [0.2, 0.25) is 0 Å². The highest BCUT2D eigenvalue weighted by Crippen LogP contribution is 2.34. The van der Waals surface area contributed by atoms with Crippen LogP contribution in [-0.4, -0.2) is 38.3 Å². The molecule has 0 N–H and O–H groups in total. The summed E-state index contributed by atoms with van der Waals surface area (Å²) in [4.78, 5) is 2.51. The number of nitrogens with zero attached hydrogens (tertiary/aromatic N) is 1. The van der Waals surface area contributed by atoms with Crippen LogP contribution in [0.1, 0.15) is 24.0 Å². The molecular formula is C17H21NOS2. The third-order valence-electron chi connectivity index (χ3n) is 4.04. The summed E-state index contributed by atoms with van der Waals surface area (Å²) in [5.74, 6) is 0. The lowest BCUT2D eigenvalue weighted by molar-refractivity contribution is 0.143. The molecule has 2 nitrogen and oxygen atoms in total. The summed E-state index contributed by atoms with van der Waals surface area (Å²) in [6.45, 7) is 4.18. The van der Waals surface area contributed by atoms with Gasteiger partial charge in [-0.25, -0.2) is 0 Å². The van der Waals surface area contributed by atoms with Crippen LogP contribution in [-0.2, 0) is 4.74 Å². The maximum absolute atomic E-state index is 5.19. The molecule has 1 aliphatic rings. The van der Waals surface area contributed by atoms with Gasteiger partial charge in [0.05, 0.1) is 6.61 Å². The molecule has 0 aliphatic carbocycles. The normalized spacial score (nSPS) is 16.3. The van der Waals surface area contributed by atoms with E-state index in [1.807, 2.05) is 0 Å². The minimum absolute atomic E-state index is 0.834. The van der Waals surface area contributed by atoms with E-state index in [0.717, 1.165) is 26.2 Å². The minimum Gasteiger partial charge on any atom is -0.383 e. The zero-order chi connectivity index (χ0) is 14.5. The Morgan fingerprint density at radius 1 is 1.10 bits per heavy atom. The largest absolute Gasteiger partial charge is 0.383 e. The highest BCUT2D eigenvalue weighted by molar-refractivity contribution is 7.08. The Labute approximate surface area is 134 Å². The van der Waals surface area contributed by atoms with Crippen molar-refractivity contribution in [2.75, 3.05) is 33.4 Å². The van der Waals surface area contributed by atoms with E-state index < -0.39 is 0 Å². The van der Waals surface area contributed by atoms with Gasteiger partial charge in [-0.3, -0.25) is 0 Å². The maximum Gasteiger partial charge on any atom is 0.0589 e. The van der Waals surface area contributed by atoms with Gasteiger partial charge in [-0.2, -0.15) is 22.7 Å². The zero-order valence-electron chi connectivity index (χ0n) is 12.4. The third-order valence-corrected chi connectivity index (χ3v) is 5.41. The summed E-state index contributed by atoms with van der Waals surface area (Å²) < 4.78 is 5.19. The van der Waals surface area contributed by atoms with Crippen molar-refractivity contribution >= 4 is 28.2 Å². The predicted molar refractivity (Wildman–Crippen MR) is 92.2 cm³/mol. The molecule has 2 aromatic rings. The number of rotatable bonds is 5. The number of hydrogen-bond acceptors (Lipinski definition) is 4. The summed E-state index contributed by atoms with van der Waals surface area (Å²) in [6.07, 6.45) is 2.34. The first kappa shape index (κ1) is 15.0. The lowest BCUT2D eigenvalue weighted by Gasteiger charge is -2.29. The molecule has 0 aromatic carbocycles. The number of hydrogen-bond donors (Lipinski definition) is 0. The molecule has 0 amide bonds. The molecule has 112 valence electrons. The first-order chi connectivity index (χ1) is 10.4. The minimum atomic E-state index is 0.834. The van der Waals surface area contributed by atoms with Crippen molar-refractivity contribution in [1.29, 1.82) is 0 Å². The first-order valence-corrected chi connectivity index (χ1v) is 9.25. The Kier molecular flexibility index (Phi) is 5.25. The second kappa shape index (κ2) is 7.36. The Balaban J connectivity index is 1.81. The van der Waals surface area contributed by atoms with Gasteiger partial charge in [0.1, 0.15) is 0 Å². The van der Waals surface area contributed by atoms with Crippen molar-refractivity contribution in [2.24, 2.45) is 0 Å². The molecule has 1 aliphatic heterocycles. The van der Waals surface area contributed by atoms with Crippen molar-refractivity contribution in [3.63, 3.8) is 0 Å². The molecule has 3 rings (SSSR count). The van der Waals surface area contributed by atoms with E-state index in [2.05, 4.69) is 38.6 Å². The van der Waals surface area contributed by atoms with E-state index in [1.165, 1.54) is 29.5 Å². The zero-order valence-corrected chi connectivity index (χ0v) is 14.0. The summed E-state index contributed by atoms with van der Waals surface area (Å²) in [6, 6.07) is 4.50. The second-order valence-electron chi connectivity index (χ2n) is 5.34. The lowest BCUT2D eigenvalue weighted by Crippen LogP contribution is -2.33. The van der Waals surface area contributed by atoms with E-state index in [0.29, 0.717) is 0 Å². The fraction of sp³-hybridized carbons (Fsp3) is 0.412. The van der Waals surface area contributed by atoms with Crippen LogP contribution in [0.5, 0.6) is 0 Å². The van der Waals surface area contributed by atoms with Crippen molar-refractivity contribution in [2.45, 2.75) is 12.8 Å². The Morgan fingerprint density at radius 2 is 1.71 bits per heavy atom. The third kappa shape index (κ3) is 3.64. The molecule has 21 heavy (non-hydrogen) atoms. The van der Waals surface area contributed by atoms with E-state index >= 15 is 0 Å². The van der Waals surface area contributed by atoms with Crippen LogP contribution < -0.4 is 0 Å². The van der Waals surface area contributed by atoms with E-state index in [1.54, 1.807) is 35.4 Å². The van der Waals surface area contributed by atoms with Crippen LogP contribution in [0, 0.1) is 0 Å². The molecule has 0 bridgehead atoms. The molecule has 4 heteroatoms. The molecule has 1 saturated heterocycles. The van der Waals surface area contributed by atoms with E-state index in [4.69, 9.17) is 4.74 Å². The van der Waals surface area contributed by atoms with Crippen molar-refractivity contribution in [3.05, 3.63) is 50.4 Å². The second-order valence-corrected chi connectivity index (χ2v) is 6.90. The topological polar surface area (TPSA) is 12.5 Å². The van der Waals surface area contributed by atoms with E-state index in [-0.39, 0.29) is 0 Å². The highest BCUT2D eigenvalue weighted by atomic mass is 32.1. The lowest BCUT2D eigenvalue weighted by atomic mass is 9.91. The van der Waals surface area contributed by atoms with Gasteiger partial charge in [0, 0.05) is 26.7 Å². The van der Waals surface area contributed by atoms with Crippen molar-refractivity contribution in [3.8, 4) is 0 Å². The van der Waals surface area contributed by atoms with Crippen LogP contribution in [0.4, 0.5) is 0 Å². The molecular weight excluding hydrogens is 298 g/mol. The van der Waals surface area contributed by atoms with Crippen LogP contribution in [0.3, 0.4) is 0 Å². The standard InChI is InChI=1S/C17H21NOS2/c1-19-9-8-18-6-2-14(3-7-18)17(15-4-10-20-12-15)16-5-11-21-13-16/h4-5,10-13H,2-3,6-9H2,1H3. The molecule has 0 unspecified atom stereocenters. The van der Waals surface area contributed by atoms with Crippen LogP contribution in [0.15, 0.2) is 39.2 Å². The Hall–Kier alpha value is -0.940. The molecule has 0 atom stereocenters. The van der Waals surface area contributed by atoms with Gasteiger partial charge in [-0.05, 0) is 63.2 Å². The number of piperidine rings is 1. The molecule has 3 heterocycles. The average Bonchev–Trinajstić information content (AvgIpc) is 3.21. The van der Waals surface area contributed by atoms with Crippen LogP contribution >= 0.6 is 22.7 Å². The SMILES string of the molecule is COCCN1CCC(=C(c2ccsc2)c2ccsc2)CC1. The molecule has 2 aromatic heterocycles. The van der Waals surface area contributed by atoms with Crippen molar-refractivity contribution < 1.29 is 4.74 Å². The summed E-state index contributed by atoms with van der Waals surface area (Å²) in [5.41, 5.74) is 5.86. The number of methoxy groups -OCH3 is 1. The Bertz CT molecular complexity index is 526. The summed E-state index contributed by atoms with van der Waals surface area (Å²) in [5, 5.41) is 8.90. The summed E-state index contributed by atoms with van der Waals surface area (Å²) in [7, 11) is 1.78. The smallest absolute Gasteiger partial charge is 0.0589 e. The summed E-state index contributed by atoms with van der Waals surface area (Å²) >= 11 is 3.57. The van der Waals surface area contributed by atoms with Crippen LogP contribution in [0.25, 0.3) is 5.57 Å². The monoisotopic (exact) mass is 319 g/mol. The van der Waals surface area contributed by atoms with Crippen molar-refractivity contribution in [1.82, 2.24) is 4.90 Å². The molecule has 1 fully saturated rings. The maximum atomic E-state index is 5.19. The highest BCUT2D eigenvalue weighted by Gasteiger charge is 2.19. The van der Waals surface area contributed by atoms with Gasteiger partial charge in [-0.1, -0.05) is 5.57 Å². The predicted octanol–water partition coefficient (Wildman–Crippen LogP) is 4.35. The van der Waals surface area contributed by atoms with Gasteiger partial charge >= 0.3 is 0 Å².